The van der Waals surface area contributed by atoms with E-state index in [1.165, 1.54) is 6.07 Å². The smallest absolute Gasteiger partial charge is 0.126 e. The van der Waals surface area contributed by atoms with E-state index < -0.39 is 0 Å². The third-order valence-corrected chi connectivity index (χ3v) is 2.71. The monoisotopic (exact) mass is 220 g/mol. The Balaban J connectivity index is 2.81. The summed E-state index contributed by atoms with van der Waals surface area (Å²) in [6.45, 7) is 6.95. The maximum atomic E-state index is 13.1. The van der Waals surface area contributed by atoms with Crippen LogP contribution in [0, 0.1) is 24.1 Å². The number of nitriles is 1. The molecular weight excluding hydrogens is 203 g/mol. The molecule has 16 heavy (non-hydrogen) atoms. The number of rotatable bonds is 4. The predicted molar refractivity (Wildman–Crippen MR) is 62.6 cm³/mol. The third kappa shape index (κ3) is 3.04. The van der Waals surface area contributed by atoms with Crippen LogP contribution in [0.2, 0.25) is 0 Å². The highest BCUT2D eigenvalue weighted by Crippen LogP contribution is 2.24. The highest BCUT2D eigenvalue weighted by atomic mass is 19.1. The molecule has 1 rings (SSSR count). The zero-order valence-electron chi connectivity index (χ0n) is 9.97. The van der Waals surface area contributed by atoms with Gasteiger partial charge in [0, 0.05) is 12.0 Å². The van der Waals surface area contributed by atoms with Gasteiger partial charge in [-0.1, -0.05) is 26.0 Å². The lowest BCUT2D eigenvalue weighted by Crippen LogP contribution is -2.33. The molecule has 1 aromatic carbocycles. The summed E-state index contributed by atoms with van der Waals surface area (Å²) in [5, 5.41) is 11.5. The quantitative estimate of drug-likeness (QED) is 0.625. The van der Waals surface area contributed by atoms with Gasteiger partial charge in [-0.25, -0.2) is 4.39 Å². The molecule has 2 nitrogen and oxygen atoms in total. The molecule has 0 aromatic heterocycles. The van der Waals surface area contributed by atoms with Gasteiger partial charge < -0.3 is 5.32 Å². The Bertz CT molecular complexity index is 405. The number of halogens is 1. The van der Waals surface area contributed by atoms with Crippen LogP contribution in [-0.2, 0) is 5.41 Å². The minimum absolute atomic E-state index is 0.102. The molecule has 1 aromatic rings. The lowest BCUT2D eigenvalue weighted by atomic mass is 9.84. The Kier molecular flexibility index (Phi) is 4.03. The summed E-state index contributed by atoms with van der Waals surface area (Å²) in [5.74, 6) is -0.176. The van der Waals surface area contributed by atoms with Crippen LogP contribution in [0.3, 0.4) is 0 Å². The first-order chi connectivity index (χ1) is 7.47. The average Bonchev–Trinajstić information content (AvgIpc) is 2.22. The second-order valence-corrected chi connectivity index (χ2v) is 4.61. The Hall–Kier alpha value is -1.40. The number of nitrogens with zero attached hydrogens (tertiary/aromatic N) is 1. The van der Waals surface area contributed by atoms with Crippen molar-refractivity contribution in [2.24, 2.45) is 0 Å². The highest BCUT2D eigenvalue weighted by Gasteiger charge is 2.20. The van der Waals surface area contributed by atoms with Gasteiger partial charge in [0.1, 0.15) is 5.82 Å². The first-order valence-electron chi connectivity index (χ1n) is 5.31. The second-order valence-electron chi connectivity index (χ2n) is 4.61. The summed E-state index contributed by atoms with van der Waals surface area (Å²) in [6, 6.07) is 7.20. The van der Waals surface area contributed by atoms with E-state index in [1.807, 2.05) is 12.1 Å². The predicted octanol–water partition coefficient (Wildman–Crippen LogP) is 2.52. The zero-order valence-corrected chi connectivity index (χ0v) is 9.97. The van der Waals surface area contributed by atoms with Crippen LogP contribution in [0.15, 0.2) is 18.2 Å². The molecule has 0 saturated carbocycles. The number of hydrogen-bond donors (Lipinski definition) is 1. The van der Waals surface area contributed by atoms with Gasteiger partial charge in [-0.05, 0) is 24.1 Å². The Morgan fingerprint density at radius 1 is 1.44 bits per heavy atom. The van der Waals surface area contributed by atoms with Crippen molar-refractivity contribution in [2.45, 2.75) is 26.2 Å². The minimum atomic E-state index is -0.176. The Morgan fingerprint density at radius 2 is 2.12 bits per heavy atom. The molecule has 0 aliphatic heterocycles. The van der Waals surface area contributed by atoms with Crippen LogP contribution in [0.25, 0.3) is 0 Å². The molecule has 1 N–H and O–H groups in total. The standard InChI is InChI=1S/C13H17FN2/c1-10-8-11(4-5-12(10)14)13(2,3)9-16-7-6-15/h4-5,8,16H,7,9H2,1-3H3. The van der Waals surface area contributed by atoms with E-state index >= 15 is 0 Å². The van der Waals surface area contributed by atoms with Crippen molar-refractivity contribution in [1.29, 1.82) is 5.26 Å². The van der Waals surface area contributed by atoms with Crippen molar-refractivity contribution in [3.8, 4) is 6.07 Å². The van der Waals surface area contributed by atoms with Crippen molar-refractivity contribution >= 4 is 0 Å². The van der Waals surface area contributed by atoms with Crippen LogP contribution in [0.1, 0.15) is 25.0 Å². The first-order valence-corrected chi connectivity index (χ1v) is 5.31. The SMILES string of the molecule is Cc1cc(C(C)(C)CNCC#N)ccc1F. The van der Waals surface area contributed by atoms with Crippen molar-refractivity contribution in [3.05, 3.63) is 35.1 Å². The normalized spacial score (nSPS) is 11.2. The molecule has 0 unspecified atom stereocenters. The van der Waals surface area contributed by atoms with Gasteiger partial charge in [-0.15, -0.1) is 0 Å². The highest BCUT2D eigenvalue weighted by molar-refractivity contribution is 5.29. The number of aryl methyl sites for hydroxylation is 1. The van der Waals surface area contributed by atoms with Crippen LogP contribution in [0.5, 0.6) is 0 Å². The summed E-state index contributed by atoms with van der Waals surface area (Å²) >= 11 is 0. The fourth-order valence-electron chi connectivity index (χ4n) is 1.60. The van der Waals surface area contributed by atoms with Gasteiger partial charge in [-0.3, -0.25) is 0 Å². The van der Waals surface area contributed by atoms with E-state index in [1.54, 1.807) is 13.0 Å². The molecular formula is C13H17FN2. The summed E-state index contributed by atoms with van der Waals surface area (Å²) in [4.78, 5) is 0. The van der Waals surface area contributed by atoms with Crippen molar-refractivity contribution < 1.29 is 4.39 Å². The fourth-order valence-corrected chi connectivity index (χ4v) is 1.60. The van der Waals surface area contributed by atoms with Crippen LogP contribution in [0.4, 0.5) is 4.39 Å². The van der Waals surface area contributed by atoms with Gasteiger partial charge >= 0.3 is 0 Å². The molecule has 0 atom stereocenters. The molecule has 0 radical (unpaired) electrons. The molecule has 0 aliphatic rings. The van der Waals surface area contributed by atoms with Crippen molar-refractivity contribution in [3.63, 3.8) is 0 Å². The maximum Gasteiger partial charge on any atom is 0.126 e. The molecule has 0 heterocycles. The molecule has 86 valence electrons. The topological polar surface area (TPSA) is 35.8 Å². The Labute approximate surface area is 96.1 Å². The van der Waals surface area contributed by atoms with E-state index in [4.69, 9.17) is 5.26 Å². The van der Waals surface area contributed by atoms with Crippen LogP contribution >= 0.6 is 0 Å². The van der Waals surface area contributed by atoms with E-state index in [0.29, 0.717) is 18.7 Å². The number of benzene rings is 1. The number of hydrogen-bond acceptors (Lipinski definition) is 2. The maximum absolute atomic E-state index is 13.1. The average molecular weight is 220 g/mol. The zero-order chi connectivity index (χ0) is 12.2. The van der Waals surface area contributed by atoms with E-state index in [9.17, 15) is 4.39 Å². The molecule has 0 aliphatic carbocycles. The van der Waals surface area contributed by atoms with Crippen molar-refractivity contribution in [2.75, 3.05) is 13.1 Å². The molecule has 0 amide bonds. The van der Waals surface area contributed by atoms with Gasteiger partial charge in [0.2, 0.25) is 0 Å². The summed E-state index contributed by atoms with van der Waals surface area (Å²) in [5.41, 5.74) is 1.64. The molecule has 0 bridgehead atoms. The van der Waals surface area contributed by atoms with Crippen molar-refractivity contribution in [1.82, 2.24) is 5.32 Å². The summed E-state index contributed by atoms with van der Waals surface area (Å²) in [7, 11) is 0. The molecule has 3 heteroatoms. The first kappa shape index (κ1) is 12.7. The van der Waals surface area contributed by atoms with E-state index in [0.717, 1.165) is 5.56 Å². The van der Waals surface area contributed by atoms with Gasteiger partial charge in [0.25, 0.3) is 0 Å². The van der Waals surface area contributed by atoms with Gasteiger partial charge in [-0.2, -0.15) is 5.26 Å². The van der Waals surface area contributed by atoms with Crippen LogP contribution < -0.4 is 5.32 Å². The van der Waals surface area contributed by atoms with E-state index in [2.05, 4.69) is 19.2 Å². The fraction of sp³-hybridized carbons (Fsp3) is 0.462. The third-order valence-electron chi connectivity index (χ3n) is 2.71. The van der Waals surface area contributed by atoms with Gasteiger partial charge in [0.05, 0.1) is 12.6 Å². The van der Waals surface area contributed by atoms with Crippen LogP contribution in [-0.4, -0.2) is 13.1 Å². The molecule has 0 spiro atoms. The summed E-state index contributed by atoms with van der Waals surface area (Å²) < 4.78 is 13.1. The Morgan fingerprint density at radius 3 is 2.69 bits per heavy atom. The summed E-state index contributed by atoms with van der Waals surface area (Å²) in [6.07, 6.45) is 0. The molecule has 0 fully saturated rings. The van der Waals surface area contributed by atoms with Gasteiger partial charge in [0.15, 0.2) is 0 Å². The lowest BCUT2D eigenvalue weighted by Gasteiger charge is -2.25. The second kappa shape index (κ2) is 5.09. The molecule has 0 saturated heterocycles. The largest absolute Gasteiger partial charge is 0.304 e. The minimum Gasteiger partial charge on any atom is -0.304 e. The lowest BCUT2D eigenvalue weighted by molar-refractivity contribution is 0.483. The van der Waals surface area contributed by atoms with E-state index in [-0.39, 0.29) is 11.2 Å². The number of nitrogens with one attached hydrogen (secondary N) is 1.